The number of nitrogens with two attached hydrogens (primary N) is 1. The first kappa shape index (κ1) is 14.3. The lowest BCUT2D eigenvalue weighted by molar-refractivity contribution is 0.603. The molecule has 1 aromatic heterocycles. The molecule has 102 valence electrons. The quantitative estimate of drug-likeness (QED) is 0.911. The molecule has 4 nitrogen and oxygen atoms in total. The molecule has 2 rings (SSSR count). The number of benzene rings is 1. The first-order valence-corrected chi connectivity index (χ1v) is 8.18. The van der Waals surface area contributed by atoms with Crippen LogP contribution in [0.2, 0.25) is 5.02 Å². The normalized spacial score (nSPS) is 11.5. The molecule has 0 amide bonds. The van der Waals surface area contributed by atoms with Crippen molar-refractivity contribution in [1.29, 1.82) is 0 Å². The van der Waals surface area contributed by atoms with E-state index in [1.807, 2.05) is 6.92 Å². The monoisotopic (exact) mass is 316 g/mol. The SMILES string of the molecule is Cc1ccc(NS(=O)(=O)c2ccc(CN)s2)cc1Cl. The van der Waals surface area contributed by atoms with Crippen LogP contribution in [0.1, 0.15) is 10.4 Å². The number of hydrogen-bond donors (Lipinski definition) is 2. The standard InChI is InChI=1S/C12H13ClN2O2S2/c1-8-2-3-9(6-11(8)13)15-19(16,17)12-5-4-10(7-14)18-12/h2-6,15H,7,14H2,1H3. The summed E-state index contributed by atoms with van der Waals surface area (Å²) in [6.45, 7) is 2.18. The van der Waals surface area contributed by atoms with Gasteiger partial charge in [0.25, 0.3) is 10.0 Å². The Bertz CT molecular complexity index is 696. The van der Waals surface area contributed by atoms with Gasteiger partial charge in [-0.25, -0.2) is 8.42 Å². The summed E-state index contributed by atoms with van der Waals surface area (Å²) in [5.41, 5.74) is 6.81. The largest absolute Gasteiger partial charge is 0.326 e. The second kappa shape index (κ2) is 5.50. The van der Waals surface area contributed by atoms with Crippen molar-refractivity contribution in [3.63, 3.8) is 0 Å². The van der Waals surface area contributed by atoms with Gasteiger partial charge in [-0.15, -0.1) is 11.3 Å². The third-order valence-electron chi connectivity index (χ3n) is 2.53. The van der Waals surface area contributed by atoms with Crippen molar-refractivity contribution in [3.8, 4) is 0 Å². The highest BCUT2D eigenvalue weighted by Gasteiger charge is 2.17. The van der Waals surface area contributed by atoms with Crippen LogP contribution < -0.4 is 10.5 Å². The maximum Gasteiger partial charge on any atom is 0.271 e. The second-order valence-electron chi connectivity index (χ2n) is 3.99. The van der Waals surface area contributed by atoms with Gasteiger partial charge in [-0.1, -0.05) is 17.7 Å². The Hall–Kier alpha value is -1.08. The van der Waals surface area contributed by atoms with E-state index in [4.69, 9.17) is 17.3 Å². The fourth-order valence-electron chi connectivity index (χ4n) is 1.47. The molecule has 2 aromatic rings. The molecule has 0 saturated heterocycles. The van der Waals surface area contributed by atoms with E-state index in [-0.39, 0.29) is 4.21 Å². The summed E-state index contributed by atoms with van der Waals surface area (Å²) in [4.78, 5) is 0.822. The summed E-state index contributed by atoms with van der Waals surface area (Å²) < 4.78 is 27.0. The number of nitrogens with one attached hydrogen (secondary N) is 1. The molecule has 1 heterocycles. The molecule has 0 aliphatic carbocycles. The predicted molar refractivity (Wildman–Crippen MR) is 79.2 cm³/mol. The molecule has 3 N–H and O–H groups in total. The van der Waals surface area contributed by atoms with Crippen molar-refractivity contribution >= 4 is 38.6 Å². The van der Waals surface area contributed by atoms with Gasteiger partial charge in [0.1, 0.15) is 4.21 Å². The number of anilines is 1. The molecular weight excluding hydrogens is 304 g/mol. The number of halogens is 1. The minimum absolute atomic E-state index is 0.240. The van der Waals surface area contributed by atoms with Crippen LogP contribution in [0.5, 0.6) is 0 Å². The smallest absolute Gasteiger partial charge is 0.271 e. The molecule has 0 aliphatic heterocycles. The summed E-state index contributed by atoms with van der Waals surface area (Å²) in [6, 6.07) is 8.29. The van der Waals surface area contributed by atoms with E-state index in [0.29, 0.717) is 17.3 Å². The number of hydrogen-bond acceptors (Lipinski definition) is 4. The van der Waals surface area contributed by atoms with Crippen LogP contribution in [0.25, 0.3) is 0 Å². The first-order chi connectivity index (χ1) is 8.92. The molecule has 0 radical (unpaired) electrons. The zero-order chi connectivity index (χ0) is 14.0. The molecular formula is C12H13ClN2O2S2. The average molecular weight is 317 g/mol. The van der Waals surface area contributed by atoms with Crippen LogP contribution in [0.15, 0.2) is 34.5 Å². The van der Waals surface area contributed by atoms with Crippen LogP contribution in [-0.4, -0.2) is 8.42 Å². The second-order valence-corrected chi connectivity index (χ2v) is 7.48. The van der Waals surface area contributed by atoms with Gasteiger partial charge in [0.15, 0.2) is 0 Å². The van der Waals surface area contributed by atoms with E-state index in [1.165, 1.54) is 0 Å². The van der Waals surface area contributed by atoms with Crippen LogP contribution in [-0.2, 0) is 16.6 Å². The number of rotatable bonds is 4. The van der Waals surface area contributed by atoms with E-state index in [9.17, 15) is 8.42 Å². The van der Waals surface area contributed by atoms with Gasteiger partial charge in [0.05, 0.1) is 5.69 Å². The van der Waals surface area contributed by atoms with E-state index >= 15 is 0 Å². The lowest BCUT2D eigenvalue weighted by Crippen LogP contribution is -2.11. The Balaban J connectivity index is 2.28. The molecule has 0 bridgehead atoms. The maximum absolute atomic E-state index is 12.1. The number of aryl methyl sites for hydroxylation is 1. The van der Waals surface area contributed by atoms with Crippen molar-refractivity contribution in [2.75, 3.05) is 4.72 Å². The van der Waals surface area contributed by atoms with Crippen LogP contribution in [0.4, 0.5) is 5.69 Å². The molecule has 0 aliphatic rings. The van der Waals surface area contributed by atoms with E-state index in [2.05, 4.69) is 4.72 Å². The van der Waals surface area contributed by atoms with Crippen molar-refractivity contribution < 1.29 is 8.42 Å². The Labute approximate surface area is 121 Å². The minimum Gasteiger partial charge on any atom is -0.326 e. The van der Waals surface area contributed by atoms with Gasteiger partial charge in [-0.2, -0.15) is 0 Å². The van der Waals surface area contributed by atoms with Gasteiger partial charge in [-0.3, -0.25) is 4.72 Å². The summed E-state index contributed by atoms with van der Waals surface area (Å²) in [5, 5.41) is 0.522. The molecule has 19 heavy (non-hydrogen) atoms. The molecule has 1 aromatic carbocycles. The Morgan fingerprint density at radius 1 is 1.32 bits per heavy atom. The fourth-order valence-corrected chi connectivity index (χ4v) is 3.94. The third-order valence-corrected chi connectivity index (χ3v) is 5.91. The van der Waals surface area contributed by atoms with E-state index < -0.39 is 10.0 Å². The van der Waals surface area contributed by atoms with Crippen LogP contribution in [0, 0.1) is 6.92 Å². The highest BCUT2D eigenvalue weighted by Crippen LogP contribution is 2.26. The van der Waals surface area contributed by atoms with Gasteiger partial charge >= 0.3 is 0 Å². The van der Waals surface area contributed by atoms with Crippen molar-refractivity contribution in [1.82, 2.24) is 0 Å². The number of sulfonamides is 1. The molecule has 0 fully saturated rings. The summed E-state index contributed by atoms with van der Waals surface area (Å²) in [6.07, 6.45) is 0. The Morgan fingerprint density at radius 3 is 2.63 bits per heavy atom. The van der Waals surface area contributed by atoms with Crippen LogP contribution >= 0.6 is 22.9 Å². The summed E-state index contributed by atoms with van der Waals surface area (Å²) in [5.74, 6) is 0. The van der Waals surface area contributed by atoms with Crippen molar-refractivity contribution in [3.05, 3.63) is 45.8 Å². The maximum atomic E-state index is 12.1. The molecule has 0 atom stereocenters. The third kappa shape index (κ3) is 3.27. The van der Waals surface area contributed by atoms with Gasteiger partial charge in [0.2, 0.25) is 0 Å². The minimum atomic E-state index is -3.58. The topological polar surface area (TPSA) is 72.2 Å². The zero-order valence-electron chi connectivity index (χ0n) is 10.2. The molecule has 0 unspecified atom stereocenters. The highest BCUT2D eigenvalue weighted by atomic mass is 35.5. The Kier molecular flexibility index (Phi) is 4.15. The lowest BCUT2D eigenvalue weighted by Gasteiger charge is -2.07. The predicted octanol–water partition coefficient (Wildman–Crippen LogP) is 2.97. The Morgan fingerprint density at radius 2 is 2.05 bits per heavy atom. The van der Waals surface area contributed by atoms with Crippen molar-refractivity contribution in [2.24, 2.45) is 5.73 Å². The average Bonchev–Trinajstić information content (AvgIpc) is 2.83. The van der Waals surface area contributed by atoms with Crippen molar-refractivity contribution in [2.45, 2.75) is 17.7 Å². The molecule has 0 spiro atoms. The van der Waals surface area contributed by atoms with Gasteiger partial charge < -0.3 is 5.73 Å². The number of thiophene rings is 1. The summed E-state index contributed by atoms with van der Waals surface area (Å²) >= 11 is 7.12. The van der Waals surface area contributed by atoms with Gasteiger partial charge in [-0.05, 0) is 36.8 Å². The lowest BCUT2D eigenvalue weighted by atomic mass is 10.2. The summed E-state index contributed by atoms with van der Waals surface area (Å²) in [7, 11) is -3.58. The fraction of sp³-hybridized carbons (Fsp3) is 0.167. The first-order valence-electron chi connectivity index (χ1n) is 5.50. The van der Waals surface area contributed by atoms with Crippen LogP contribution in [0.3, 0.4) is 0 Å². The highest BCUT2D eigenvalue weighted by molar-refractivity contribution is 7.94. The molecule has 7 heteroatoms. The zero-order valence-corrected chi connectivity index (χ0v) is 12.6. The van der Waals surface area contributed by atoms with Gasteiger partial charge in [0, 0.05) is 16.4 Å². The van der Waals surface area contributed by atoms with E-state index in [0.717, 1.165) is 21.8 Å². The van der Waals surface area contributed by atoms with E-state index in [1.54, 1.807) is 30.3 Å². The molecule has 0 saturated carbocycles.